The molecule has 0 atom stereocenters. The van der Waals surface area contributed by atoms with Gasteiger partial charge in [0.05, 0.1) is 25.2 Å². The van der Waals surface area contributed by atoms with E-state index in [2.05, 4.69) is 15.5 Å². The maximum Gasteiger partial charge on any atom is 0.213 e. The Labute approximate surface area is 87.1 Å². The monoisotopic (exact) mass is 205 g/mol. The van der Waals surface area contributed by atoms with Crippen molar-refractivity contribution < 1.29 is 9.26 Å². The van der Waals surface area contributed by atoms with E-state index < -0.39 is 0 Å². The first-order valence-electron chi connectivity index (χ1n) is 4.50. The summed E-state index contributed by atoms with van der Waals surface area (Å²) in [4.78, 5) is 4.07. The van der Waals surface area contributed by atoms with Gasteiger partial charge in [-0.25, -0.2) is 4.98 Å². The van der Waals surface area contributed by atoms with E-state index in [1.807, 2.05) is 6.07 Å². The van der Waals surface area contributed by atoms with Crippen LogP contribution in [0.1, 0.15) is 5.56 Å². The minimum atomic E-state index is 0.602. The number of aromatic nitrogens is 2. The van der Waals surface area contributed by atoms with E-state index in [4.69, 9.17) is 9.26 Å². The van der Waals surface area contributed by atoms with Gasteiger partial charge in [-0.3, -0.25) is 0 Å². The summed E-state index contributed by atoms with van der Waals surface area (Å²) in [5, 5.41) is 6.79. The molecule has 0 aliphatic carbocycles. The van der Waals surface area contributed by atoms with Gasteiger partial charge in [0.2, 0.25) is 5.88 Å². The molecule has 0 aliphatic heterocycles. The van der Waals surface area contributed by atoms with Crippen LogP contribution in [0, 0.1) is 0 Å². The van der Waals surface area contributed by atoms with Crippen molar-refractivity contribution in [3.05, 3.63) is 36.4 Å². The van der Waals surface area contributed by atoms with Crippen molar-refractivity contribution in [2.75, 3.05) is 12.4 Å². The Morgan fingerprint density at radius 2 is 2.33 bits per heavy atom. The van der Waals surface area contributed by atoms with E-state index in [1.165, 1.54) is 0 Å². The lowest BCUT2D eigenvalue weighted by molar-refractivity contribution is 0.398. The van der Waals surface area contributed by atoms with Crippen molar-refractivity contribution in [3.8, 4) is 5.88 Å². The lowest BCUT2D eigenvalue weighted by Crippen LogP contribution is -1.98. The van der Waals surface area contributed by atoms with Crippen LogP contribution in [0.15, 0.2) is 35.3 Å². The highest BCUT2D eigenvalue weighted by Gasteiger charge is 1.97. The van der Waals surface area contributed by atoms with Gasteiger partial charge in [0, 0.05) is 18.2 Å². The number of hydrogen-bond acceptors (Lipinski definition) is 5. The first kappa shape index (κ1) is 9.51. The zero-order valence-corrected chi connectivity index (χ0v) is 8.30. The second-order valence-corrected chi connectivity index (χ2v) is 2.98. The van der Waals surface area contributed by atoms with Crippen LogP contribution < -0.4 is 10.1 Å². The average molecular weight is 205 g/mol. The highest BCUT2D eigenvalue weighted by molar-refractivity contribution is 5.42. The van der Waals surface area contributed by atoms with E-state index >= 15 is 0 Å². The quantitative estimate of drug-likeness (QED) is 0.823. The molecule has 0 aromatic carbocycles. The predicted molar refractivity (Wildman–Crippen MR) is 54.6 cm³/mol. The van der Waals surface area contributed by atoms with Gasteiger partial charge in [0.15, 0.2) is 0 Å². The molecule has 0 saturated carbocycles. The Bertz CT molecular complexity index is 397. The maximum absolute atomic E-state index is 4.96. The summed E-state index contributed by atoms with van der Waals surface area (Å²) in [5.74, 6) is 0.602. The summed E-state index contributed by atoms with van der Waals surface area (Å²) in [6, 6.07) is 3.70. The van der Waals surface area contributed by atoms with E-state index in [9.17, 15) is 0 Å². The number of methoxy groups -OCH3 is 1. The fourth-order valence-electron chi connectivity index (χ4n) is 1.12. The predicted octanol–water partition coefficient (Wildman–Crippen LogP) is 1.69. The van der Waals surface area contributed by atoms with Crippen molar-refractivity contribution in [3.63, 3.8) is 0 Å². The minimum absolute atomic E-state index is 0.602. The van der Waals surface area contributed by atoms with Gasteiger partial charge in [-0.05, 0) is 6.07 Å². The lowest BCUT2D eigenvalue weighted by Gasteiger charge is -2.04. The van der Waals surface area contributed by atoms with Gasteiger partial charge < -0.3 is 14.6 Å². The van der Waals surface area contributed by atoms with Gasteiger partial charge in [-0.15, -0.1) is 0 Å². The molecule has 0 amide bonds. The summed E-state index contributed by atoms with van der Waals surface area (Å²) in [5.41, 5.74) is 1.92. The van der Waals surface area contributed by atoms with Crippen LogP contribution in [-0.4, -0.2) is 17.3 Å². The van der Waals surface area contributed by atoms with Gasteiger partial charge >= 0.3 is 0 Å². The Morgan fingerprint density at radius 3 is 2.93 bits per heavy atom. The largest absolute Gasteiger partial charge is 0.481 e. The first-order valence-corrected chi connectivity index (χ1v) is 4.50. The van der Waals surface area contributed by atoms with Crippen molar-refractivity contribution in [2.24, 2.45) is 0 Å². The molecule has 78 valence electrons. The van der Waals surface area contributed by atoms with Crippen molar-refractivity contribution >= 4 is 5.69 Å². The molecular formula is C10H11N3O2. The highest BCUT2D eigenvalue weighted by Crippen LogP contribution is 2.11. The fourth-order valence-corrected chi connectivity index (χ4v) is 1.12. The molecule has 0 aliphatic rings. The van der Waals surface area contributed by atoms with E-state index in [0.717, 1.165) is 11.3 Å². The zero-order valence-electron chi connectivity index (χ0n) is 8.30. The van der Waals surface area contributed by atoms with Crippen molar-refractivity contribution in [1.82, 2.24) is 10.1 Å². The van der Waals surface area contributed by atoms with Gasteiger partial charge in [-0.1, -0.05) is 5.16 Å². The topological polar surface area (TPSA) is 60.2 Å². The molecule has 0 radical (unpaired) electrons. The Hall–Kier alpha value is -2.04. The second kappa shape index (κ2) is 4.45. The Kier molecular flexibility index (Phi) is 2.82. The number of nitrogens with zero attached hydrogens (tertiary/aromatic N) is 2. The van der Waals surface area contributed by atoms with Crippen LogP contribution in [0.2, 0.25) is 0 Å². The normalized spacial score (nSPS) is 9.93. The summed E-state index contributed by atoms with van der Waals surface area (Å²) < 4.78 is 9.67. The fraction of sp³-hybridized carbons (Fsp3) is 0.200. The summed E-state index contributed by atoms with van der Waals surface area (Å²) in [7, 11) is 1.59. The Balaban J connectivity index is 1.93. The number of rotatable bonds is 4. The molecule has 0 saturated heterocycles. The molecule has 0 spiro atoms. The molecule has 15 heavy (non-hydrogen) atoms. The number of ether oxygens (including phenoxy) is 1. The maximum atomic E-state index is 4.96. The molecule has 0 bridgehead atoms. The van der Waals surface area contributed by atoms with Gasteiger partial charge in [0.25, 0.3) is 0 Å². The molecule has 0 unspecified atom stereocenters. The molecule has 1 N–H and O–H groups in total. The number of nitrogens with one attached hydrogen (secondary N) is 1. The molecule has 2 heterocycles. The van der Waals surface area contributed by atoms with E-state index in [-0.39, 0.29) is 0 Å². The van der Waals surface area contributed by atoms with Crippen LogP contribution >= 0.6 is 0 Å². The first-order chi connectivity index (χ1) is 7.38. The number of anilines is 1. The third kappa shape index (κ3) is 2.46. The second-order valence-electron chi connectivity index (χ2n) is 2.98. The molecule has 2 rings (SSSR count). The van der Waals surface area contributed by atoms with Crippen LogP contribution in [0.25, 0.3) is 0 Å². The standard InChI is InChI=1S/C10H11N3O2/c1-14-10-3-2-9(6-12-10)11-4-8-5-13-15-7-8/h2-3,5-7,11H,4H2,1H3. The van der Waals surface area contributed by atoms with E-state index in [0.29, 0.717) is 12.4 Å². The molecule has 5 heteroatoms. The molecule has 2 aromatic rings. The van der Waals surface area contributed by atoms with E-state index in [1.54, 1.807) is 31.8 Å². The molecular weight excluding hydrogens is 194 g/mol. The summed E-state index contributed by atoms with van der Waals surface area (Å²) in [6.45, 7) is 0.664. The average Bonchev–Trinajstić information content (AvgIpc) is 2.80. The molecule has 5 nitrogen and oxygen atoms in total. The Morgan fingerprint density at radius 1 is 1.40 bits per heavy atom. The highest BCUT2D eigenvalue weighted by atomic mass is 16.5. The third-order valence-corrected chi connectivity index (χ3v) is 1.93. The number of hydrogen-bond donors (Lipinski definition) is 1. The van der Waals surface area contributed by atoms with Crippen LogP contribution in [0.4, 0.5) is 5.69 Å². The molecule has 2 aromatic heterocycles. The zero-order chi connectivity index (χ0) is 10.5. The van der Waals surface area contributed by atoms with Crippen LogP contribution in [0.3, 0.4) is 0 Å². The molecule has 0 fully saturated rings. The SMILES string of the molecule is COc1ccc(NCc2cnoc2)cn1. The third-order valence-electron chi connectivity index (χ3n) is 1.93. The van der Waals surface area contributed by atoms with Crippen molar-refractivity contribution in [2.45, 2.75) is 6.54 Å². The van der Waals surface area contributed by atoms with Gasteiger partial charge in [0.1, 0.15) is 6.26 Å². The summed E-state index contributed by atoms with van der Waals surface area (Å²) in [6.07, 6.45) is 4.99. The smallest absolute Gasteiger partial charge is 0.213 e. The minimum Gasteiger partial charge on any atom is -0.481 e. The van der Waals surface area contributed by atoms with Crippen molar-refractivity contribution in [1.29, 1.82) is 0 Å². The number of pyridine rings is 1. The van der Waals surface area contributed by atoms with Crippen LogP contribution in [-0.2, 0) is 6.54 Å². The van der Waals surface area contributed by atoms with Crippen LogP contribution in [0.5, 0.6) is 5.88 Å². The summed E-state index contributed by atoms with van der Waals surface area (Å²) >= 11 is 0. The lowest BCUT2D eigenvalue weighted by atomic mass is 10.3. The van der Waals surface area contributed by atoms with Gasteiger partial charge in [-0.2, -0.15) is 0 Å².